The van der Waals surface area contributed by atoms with Gasteiger partial charge in [0.05, 0.1) is 11.6 Å². The molecule has 0 aliphatic carbocycles. The van der Waals surface area contributed by atoms with Crippen molar-refractivity contribution in [1.29, 1.82) is 0 Å². The van der Waals surface area contributed by atoms with Gasteiger partial charge in [0, 0.05) is 61.0 Å². The van der Waals surface area contributed by atoms with E-state index >= 15 is 0 Å². The van der Waals surface area contributed by atoms with Crippen LogP contribution in [0.4, 0.5) is 0 Å². The Morgan fingerprint density at radius 1 is 1.09 bits per heavy atom. The van der Waals surface area contributed by atoms with Gasteiger partial charge in [-0.1, -0.05) is 19.9 Å². The maximum Gasteiger partial charge on any atom is 0.227 e. The molecule has 0 bridgehead atoms. The minimum absolute atomic E-state index is 0.0791. The van der Waals surface area contributed by atoms with E-state index in [0.717, 1.165) is 37.3 Å². The van der Waals surface area contributed by atoms with Crippen molar-refractivity contribution >= 4 is 22.7 Å². The second-order valence-electron chi connectivity index (χ2n) is 10.8. The molecule has 6 heteroatoms. The molecule has 1 aromatic carbocycles. The molecule has 0 radical (unpaired) electrons. The summed E-state index contributed by atoms with van der Waals surface area (Å²) < 4.78 is 0. The standard InChI is InChI=1S/C29H36N4O2/c1-17(2)27-24-14-21(6-7-25(24)31-28(27)22-12-18(3)30-19(4)13-22)20-8-10-33(11-9-20)29(35)23-15-26(34)32(5)16-23/h6-7,12-14,17,20,23,31H,8-11,15-16H2,1-5H3/t23-/m0/s1. The Balaban J connectivity index is 1.38. The van der Waals surface area contributed by atoms with Crippen LogP contribution in [-0.4, -0.2) is 58.3 Å². The van der Waals surface area contributed by atoms with Gasteiger partial charge in [-0.15, -0.1) is 0 Å². The molecule has 4 heterocycles. The molecular weight excluding hydrogens is 436 g/mol. The average molecular weight is 473 g/mol. The van der Waals surface area contributed by atoms with Crippen molar-refractivity contribution in [3.8, 4) is 11.3 Å². The molecular formula is C29H36N4O2. The smallest absolute Gasteiger partial charge is 0.227 e. The number of benzene rings is 1. The quantitative estimate of drug-likeness (QED) is 0.571. The highest BCUT2D eigenvalue weighted by Gasteiger charge is 2.36. The van der Waals surface area contributed by atoms with E-state index in [2.05, 4.69) is 54.1 Å². The Kier molecular flexibility index (Phi) is 6.16. The minimum atomic E-state index is -0.173. The molecule has 35 heavy (non-hydrogen) atoms. The zero-order valence-corrected chi connectivity index (χ0v) is 21.5. The largest absolute Gasteiger partial charge is 0.354 e. The van der Waals surface area contributed by atoms with Gasteiger partial charge in [0.1, 0.15) is 0 Å². The van der Waals surface area contributed by atoms with E-state index in [9.17, 15) is 9.59 Å². The zero-order chi connectivity index (χ0) is 24.9. The molecule has 1 atom stereocenters. The van der Waals surface area contributed by atoms with Crippen molar-refractivity contribution in [2.45, 2.75) is 58.8 Å². The van der Waals surface area contributed by atoms with E-state index < -0.39 is 0 Å². The van der Waals surface area contributed by atoms with Gasteiger partial charge in [-0.25, -0.2) is 0 Å². The summed E-state index contributed by atoms with van der Waals surface area (Å²) in [5.41, 5.74) is 8.33. The lowest BCUT2D eigenvalue weighted by Gasteiger charge is -2.33. The topological polar surface area (TPSA) is 69.3 Å². The normalized spacial score (nSPS) is 19.4. The first kappa shape index (κ1) is 23.6. The molecule has 5 rings (SSSR count). The number of pyridine rings is 1. The Morgan fingerprint density at radius 3 is 2.37 bits per heavy atom. The molecule has 2 saturated heterocycles. The highest BCUT2D eigenvalue weighted by molar-refractivity contribution is 5.92. The monoisotopic (exact) mass is 472 g/mol. The van der Waals surface area contributed by atoms with E-state index in [1.807, 2.05) is 18.7 Å². The van der Waals surface area contributed by atoms with Crippen LogP contribution < -0.4 is 0 Å². The third kappa shape index (κ3) is 4.46. The minimum Gasteiger partial charge on any atom is -0.354 e. The second kappa shape index (κ2) is 9.14. The molecule has 6 nitrogen and oxygen atoms in total. The highest BCUT2D eigenvalue weighted by atomic mass is 16.2. The first-order valence-corrected chi connectivity index (χ1v) is 12.8. The maximum absolute atomic E-state index is 13.0. The molecule has 2 aliphatic rings. The number of fused-ring (bicyclic) bond motifs is 1. The SMILES string of the molecule is Cc1cc(-c2[nH]c3ccc(C4CCN(C(=O)[C@H]5CC(=O)N(C)C5)CC4)cc3c2C(C)C)cc(C)n1. The number of aromatic amines is 1. The Labute approximate surface area is 207 Å². The van der Waals surface area contributed by atoms with E-state index in [4.69, 9.17) is 0 Å². The Bertz CT molecular complexity index is 1260. The van der Waals surface area contributed by atoms with Crippen LogP contribution in [0.25, 0.3) is 22.2 Å². The number of carbonyl (C=O) groups excluding carboxylic acids is 2. The summed E-state index contributed by atoms with van der Waals surface area (Å²) in [4.78, 5) is 36.7. The van der Waals surface area contributed by atoms with Crippen LogP contribution in [0.2, 0.25) is 0 Å². The third-order valence-corrected chi connectivity index (χ3v) is 7.78. The van der Waals surface area contributed by atoms with E-state index in [0.29, 0.717) is 24.8 Å². The summed E-state index contributed by atoms with van der Waals surface area (Å²) in [6.45, 7) is 10.7. The lowest BCUT2D eigenvalue weighted by Crippen LogP contribution is -2.42. The molecule has 0 saturated carbocycles. The fraction of sp³-hybridized carbons (Fsp3) is 0.483. The van der Waals surface area contributed by atoms with Crippen molar-refractivity contribution in [1.82, 2.24) is 19.8 Å². The van der Waals surface area contributed by atoms with Crippen LogP contribution in [0.15, 0.2) is 30.3 Å². The number of aryl methyl sites for hydroxylation is 2. The van der Waals surface area contributed by atoms with Gasteiger partial charge in [-0.3, -0.25) is 14.6 Å². The first-order chi connectivity index (χ1) is 16.7. The number of amides is 2. The number of H-pyrrole nitrogens is 1. The van der Waals surface area contributed by atoms with Crippen molar-refractivity contribution in [2.75, 3.05) is 26.7 Å². The van der Waals surface area contributed by atoms with Crippen LogP contribution in [0, 0.1) is 19.8 Å². The van der Waals surface area contributed by atoms with Crippen LogP contribution >= 0.6 is 0 Å². The molecule has 2 aliphatic heterocycles. The second-order valence-corrected chi connectivity index (χ2v) is 10.8. The van der Waals surface area contributed by atoms with Gasteiger partial charge in [0.2, 0.25) is 11.8 Å². The summed E-state index contributed by atoms with van der Waals surface area (Å²) in [5, 5.41) is 1.30. The Morgan fingerprint density at radius 2 is 1.77 bits per heavy atom. The first-order valence-electron chi connectivity index (χ1n) is 12.8. The number of aromatic nitrogens is 2. The van der Waals surface area contributed by atoms with Gasteiger partial charge in [-0.05, 0) is 73.9 Å². The predicted molar refractivity (Wildman–Crippen MR) is 139 cm³/mol. The van der Waals surface area contributed by atoms with Crippen LogP contribution in [0.1, 0.15) is 67.5 Å². The fourth-order valence-electron chi connectivity index (χ4n) is 6.01. The molecule has 2 amide bonds. The number of piperidine rings is 1. The van der Waals surface area contributed by atoms with Crippen molar-refractivity contribution < 1.29 is 9.59 Å². The predicted octanol–water partition coefficient (Wildman–Crippen LogP) is 5.15. The molecule has 3 aromatic rings. The van der Waals surface area contributed by atoms with Crippen molar-refractivity contribution in [3.05, 3.63) is 52.8 Å². The molecule has 184 valence electrons. The van der Waals surface area contributed by atoms with E-state index in [1.54, 1.807) is 11.9 Å². The van der Waals surface area contributed by atoms with E-state index in [1.165, 1.54) is 33.3 Å². The van der Waals surface area contributed by atoms with Gasteiger partial charge < -0.3 is 14.8 Å². The number of carbonyl (C=O) groups is 2. The summed E-state index contributed by atoms with van der Waals surface area (Å²) >= 11 is 0. The van der Waals surface area contributed by atoms with Crippen LogP contribution in [0.5, 0.6) is 0 Å². The maximum atomic E-state index is 13.0. The molecule has 2 fully saturated rings. The number of hydrogen-bond donors (Lipinski definition) is 1. The molecule has 1 N–H and O–H groups in total. The summed E-state index contributed by atoms with van der Waals surface area (Å²) in [6, 6.07) is 11.2. The van der Waals surface area contributed by atoms with Crippen molar-refractivity contribution in [3.63, 3.8) is 0 Å². The Hall–Kier alpha value is -3.15. The number of likely N-dealkylation sites (tertiary alicyclic amines) is 2. The van der Waals surface area contributed by atoms with Gasteiger partial charge in [-0.2, -0.15) is 0 Å². The van der Waals surface area contributed by atoms with E-state index in [-0.39, 0.29) is 17.7 Å². The number of nitrogens with one attached hydrogen (secondary N) is 1. The summed E-state index contributed by atoms with van der Waals surface area (Å²) in [6.07, 6.45) is 2.28. The number of hydrogen-bond acceptors (Lipinski definition) is 3. The van der Waals surface area contributed by atoms with Gasteiger partial charge in [0.15, 0.2) is 0 Å². The number of nitrogens with zero attached hydrogens (tertiary/aromatic N) is 3. The molecule has 0 spiro atoms. The third-order valence-electron chi connectivity index (χ3n) is 7.78. The lowest BCUT2D eigenvalue weighted by molar-refractivity contribution is -0.136. The summed E-state index contributed by atoms with van der Waals surface area (Å²) in [5.74, 6) is 0.884. The highest BCUT2D eigenvalue weighted by Crippen LogP contribution is 2.38. The summed E-state index contributed by atoms with van der Waals surface area (Å²) in [7, 11) is 1.78. The van der Waals surface area contributed by atoms with Crippen LogP contribution in [-0.2, 0) is 9.59 Å². The average Bonchev–Trinajstić information content (AvgIpc) is 3.37. The molecule has 0 unspecified atom stereocenters. The fourth-order valence-corrected chi connectivity index (χ4v) is 6.01. The van der Waals surface area contributed by atoms with Crippen LogP contribution in [0.3, 0.4) is 0 Å². The zero-order valence-electron chi connectivity index (χ0n) is 21.5. The van der Waals surface area contributed by atoms with Gasteiger partial charge >= 0.3 is 0 Å². The number of rotatable bonds is 4. The van der Waals surface area contributed by atoms with Crippen molar-refractivity contribution in [2.24, 2.45) is 5.92 Å². The lowest BCUT2D eigenvalue weighted by atomic mass is 9.87. The van der Waals surface area contributed by atoms with Gasteiger partial charge in [0.25, 0.3) is 0 Å². The molecule has 2 aromatic heterocycles.